The minimum atomic E-state index is 0.512. The molecule has 5 heteroatoms. The number of nitrogens with zero attached hydrogens (tertiary/aromatic N) is 3. The molecular formula is C16H15IN4. The summed E-state index contributed by atoms with van der Waals surface area (Å²) in [7, 11) is 2.01. The van der Waals surface area contributed by atoms with Crippen LogP contribution in [0.4, 0.5) is 11.5 Å². The fourth-order valence-corrected chi connectivity index (χ4v) is 3.23. The second-order valence-electron chi connectivity index (χ2n) is 4.94. The Morgan fingerprint density at radius 2 is 1.86 bits per heavy atom. The Morgan fingerprint density at radius 3 is 2.62 bits per heavy atom. The molecule has 0 saturated carbocycles. The quantitative estimate of drug-likeness (QED) is 0.550. The average molecular weight is 390 g/mol. The highest BCUT2D eigenvalue weighted by atomic mass is 127. The van der Waals surface area contributed by atoms with E-state index < -0.39 is 0 Å². The molecule has 1 aromatic heterocycles. The molecule has 1 heterocycles. The van der Waals surface area contributed by atoms with Crippen molar-refractivity contribution in [3.8, 4) is 0 Å². The average Bonchev–Trinajstić information content (AvgIpc) is 2.47. The predicted octanol–water partition coefficient (Wildman–Crippen LogP) is 3.45. The third kappa shape index (κ3) is 2.92. The number of anilines is 2. The largest absolute Gasteiger partial charge is 0.382 e. The molecule has 0 unspecified atom stereocenters. The number of aromatic nitrogens is 2. The van der Waals surface area contributed by atoms with Crippen molar-refractivity contribution in [2.75, 3.05) is 17.7 Å². The van der Waals surface area contributed by atoms with Crippen molar-refractivity contribution >= 4 is 44.9 Å². The second-order valence-corrected chi connectivity index (χ2v) is 5.96. The first-order valence-electron chi connectivity index (χ1n) is 6.60. The van der Waals surface area contributed by atoms with Gasteiger partial charge in [-0.15, -0.1) is 0 Å². The monoisotopic (exact) mass is 390 g/mol. The molecule has 0 aliphatic rings. The van der Waals surface area contributed by atoms with Crippen molar-refractivity contribution in [2.45, 2.75) is 6.54 Å². The minimum Gasteiger partial charge on any atom is -0.382 e. The zero-order valence-electron chi connectivity index (χ0n) is 11.6. The van der Waals surface area contributed by atoms with Crippen LogP contribution in [0.15, 0.2) is 48.8 Å². The maximum Gasteiger partial charge on any atom is 0.151 e. The smallest absolute Gasteiger partial charge is 0.151 e. The maximum atomic E-state index is 5.97. The van der Waals surface area contributed by atoms with E-state index in [0.29, 0.717) is 5.82 Å². The van der Waals surface area contributed by atoms with Gasteiger partial charge in [-0.2, -0.15) is 0 Å². The van der Waals surface area contributed by atoms with Gasteiger partial charge in [-0.3, -0.25) is 0 Å². The van der Waals surface area contributed by atoms with Gasteiger partial charge in [0.05, 0.1) is 0 Å². The standard InChI is InChI=1S/C16H15IN4/c1-21(14-15(17)19-10-20-16(14)18)9-11-6-7-12-4-2-3-5-13(12)8-11/h2-8,10H,9H2,1H3,(H2,18,19,20). The Balaban J connectivity index is 1.91. The van der Waals surface area contributed by atoms with Gasteiger partial charge < -0.3 is 10.6 Å². The van der Waals surface area contributed by atoms with Crippen molar-refractivity contribution in [1.82, 2.24) is 9.97 Å². The molecule has 3 rings (SSSR count). The highest BCUT2D eigenvalue weighted by Gasteiger charge is 2.12. The van der Waals surface area contributed by atoms with Crippen molar-refractivity contribution in [3.63, 3.8) is 0 Å². The third-order valence-electron chi connectivity index (χ3n) is 3.42. The van der Waals surface area contributed by atoms with Crippen molar-refractivity contribution in [2.24, 2.45) is 0 Å². The van der Waals surface area contributed by atoms with Gasteiger partial charge in [-0.25, -0.2) is 9.97 Å². The number of fused-ring (bicyclic) bond motifs is 1. The molecule has 0 atom stereocenters. The highest BCUT2D eigenvalue weighted by Crippen LogP contribution is 2.26. The van der Waals surface area contributed by atoms with E-state index in [4.69, 9.17) is 5.73 Å². The van der Waals surface area contributed by atoms with Gasteiger partial charge in [-0.1, -0.05) is 36.4 Å². The van der Waals surface area contributed by atoms with Crippen LogP contribution < -0.4 is 10.6 Å². The number of hydrogen-bond acceptors (Lipinski definition) is 4. The molecule has 0 saturated heterocycles. The Kier molecular flexibility index (Phi) is 3.92. The lowest BCUT2D eigenvalue weighted by molar-refractivity contribution is 0.907. The summed E-state index contributed by atoms with van der Waals surface area (Å²) in [6.45, 7) is 0.762. The first-order valence-corrected chi connectivity index (χ1v) is 7.68. The van der Waals surface area contributed by atoms with Gasteiger partial charge in [0, 0.05) is 13.6 Å². The molecule has 0 spiro atoms. The van der Waals surface area contributed by atoms with Crippen molar-refractivity contribution in [3.05, 3.63) is 58.1 Å². The summed E-state index contributed by atoms with van der Waals surface area (Å²) in [6.07, 6.45) is 1.49. The highest BCUT2D eigenvalue weighted by molar-refractivity contribution is 14.1. The molecule has 2 N–H and O–H groups in total. The number of nitrogens with two attached hydrogens (primary N) is 1. The molecule has 106 valence electrons. The molecule has 2 aromatic carbocycles. The summed E-state index contributed by atoms with van der Waals surface area (Å²) >= 11 is 2.19. The zero-order chi connectivity index (χ0) is 14.8. The van der Waals surface area contributed by atoms with Gasteiger partial charge in [0.25, 0.3) is 0 Å². The van der Waals surface area contributed by atoms with Crippen LogP contribution in [-0.4, -0.2) is 17.0 Å². The number of benzene rings is 2. The zero-order valence-corrected chi connectivity index (χ0v) is 13.8. The number of nitrogen functional groups attached to an aromatic ring is 1. The lowest BCUT2D eigenvalue weighted by atomic mass is 10.1. The first kappa shape index (κ1) is 14.1. The minimum absolute atomic E-state index is 0.512. The summed E-state index contributed by atoms with van der Waals surface area (Å²) in [6, 6.07) is 14.9. The van der Waals surface area contributed by atoms with Gasteiger partial charge in [0.15, 0.2) is 5.82 Å². The molecule has 21 heavy (non-hydrogen) atoms. The summed E-state index contributed by atoms with van der Waals surface area (Å²) < 4.78 is 0.864. The molecule has 3 aromatic rings. The Morgan fingerprint density at radius 1 is 1.10 bits per heavy atom. The number of hydrogen-bond donors (Lipinski definition) is 1. The van der Waals surface area contributed by atoms with Crippen molar-refractivity contribution < 1.29 is 0 Å². The lowest BCUT2D eigenvalue weighted by Gasteiger charge is -2.21. The van der Waals surface area contributed by atoms with E-state index in [2.05, 4.69) is 79.9 Å². The second kappa shape index (κ2) is 5.85. The molecule has 0 amide bonds. The molecule has 4 nitrogen and oxygen atoms in total. The Labute approximate surface area is 137 Å². The number of rotatable bonds is 3. The van der Waals surface area contributed by atoms with Crippen LogP contribution in [0, 0.1) is 3.70 Å². The predicted molar refractivity (Wildman–Crippen MR) is 95.2 cm³/mol. The van der Waals surface area contributed by atoms with Gasteiger partial charge in [0.1, 0.15) is 15.7 Å². The molecule has 0 aliphatic heterocycles. The van der Waals surface area contributed by atoms with Crippen LogP contribution in [0.3, 0.4) is 0 Å². The van der Waals surface area contributed by atoms with Crippen molar-refractivity contribution in [1.29, 1.82) is 0 Å². The topological polar surface area (TPSA) is 55.0 Å². The van der Waals surface area contributed by atoms with E-state index in [0.717, 1.165) is 15.9 Å². The van der Waals surface area contributed by atoms with E-state index >= 15 is 0 Å². The summed E-state index contributed by atoms with van der Waals surface area (Å²) in [4.78, 5) is 10.4. The van der Waals surface area contributed by atoms with Gasteiger partial charge in [-0.05, 0) is 45.0 Å². The first-order chi connectivity index (χ1) is 10.1. The van der Waals surface area contributed by atoms with E-state index in [1.165, 1.54) is 22.7 Å². The van der Waals surface area contributed by atoms with Crippen LogP contribution in [0.2, 0.25) is 0 Å². The Bertz CT molecular complexity index is 768. The summed E-state index contributed by atoms with van der Waals surface area (Å²) in [5, 5.41) is 2.50. The van der Waals surface area contributed by atoms with Gasteiger partial charge in [0.2, 0.25) is 0 Å². The normalized spacial score (nSPS) is 10.8. The van der Waals surface area contributed by atoms with Crippen LogP contribution >= 0.6 is 22.6 Å². The van der Waals surface area contributed by atoms with E-state index in [1.807, 2.05) is 7.05 Å². The van der Waals surface area contributed by atoms with Crippen LogP contribution in [0.5, 0.6) is 0 Å². The molecular weight excluding hydrogens is 375 g/mol. The van der Waals surface area contributed by atoms with Crippen LogP contribution in [-0.2, 0) is 6.54 Å². The van der Waals surface area contributed by atoms with E-state index in [-0.39, 0.29) is 0 Å². The third-order valence-corrected chi connectivity index (χ3v) is 4.21. The van der Waals surface area contributed by atoms with Crippen LogP contribution in [0.1, 0.15) is 5.56 Å². The molecule has 0 aliphatic carbocycles. The molecule has 0 fully saturated rings. The maximum absolute atomic E-state index is 5.97. The van der Waals surface area contributed by atoms with E-state index in [1.54, 1.807) is 0 Å². The summed E-state index contributed by atoms with van der Waals surface area (Å²) in [5.41, 5.74) is 8.08. The number of halogens is 1. The van der Waals surface area contributed by atoms with Gasteiger partial charge >= 0.3 is 0 Å². The van der Waals surface area contributed by atoms with Crippen LogP contribution in [0.25, 0.3) is 10.8 Å². The molecule has 0 bridgehead atoms. The SMILES string of the molecule is CN(Cc1ccc2ccccc2c1)c1c(N)ncnc1I. The molecule has 0 radical (unpaired) electrons. The Hall–Kier alpha value is -1.89. The lowest BCUT2D eigenvalue weighted by Crippen LogP contribution is -2.20. The fraction of sp³-hybridized carbons (Fsp3) is 0.125. The van der Waals surface area contributed by atoms with E-state index in [9.17, 15) is 0 Å². The summed E-state index contributed by atoms with van der Waals surface area (Å²) in [5.74, 6) is 0.512. The fourth-order valence-electron chi connectivity index (χ4n) is 2.41.